The molecule has 0 amide bonds. The first-order valence-electron chi connectivity index (χ1n) is 13.2. The van der Waals surface area contributed by atoms with E-state index in [1.807, 2.05) is 68.4 Å². The van der Waals surface area contributed by atoms with E-state index in [2.05, 4.69) is 51.1 Å². The first kappa shape index (κ1) is 28.6. The quantitative estimate of drug-likeness (QED) is 0.210. The number of carbonyl (C=O) groups is 2. The molecular weight excluding hydrogens is 479 g/mol. The molecule has 0 saturated carbocycles. The Morgan fingerprint density at radius 1 is 0.757 bits per heavy atom. The van der Waals surface area contributed by atoms with E-state index < -0.39 is 7.92 Å². The standard InChI is InChI=1S/C32H39O4P/c1-6-35-31(33)25(5)22-21-24(4)30(23(2)3)36-32(34)28-19-13-14-20-29(28)37(26-15-9-7-10-16-26)27-17-11-8-12-18-27/h7-20,23-25,30H,6,21-22H2,1-5H3/t24-,25?,30-/m1/s1. The molecule has 0 N–H and O–H groups in total. The zero-order chi connectivity index (χ0) is 26.8. The summed E-state index contributed by atoms with van der Waals surface area (Å²) in [5.74, 6) is -0.380. The normalized spacial score (nSPS) is 13.7. The molecule has 196 valence electrons. The summed E-state index contributed by atoms with van der Waals surface area (Å²) in [6.07, 6.45) is 1.22. The molecule has 3 aromatic rings. The number of benzene rings is 3. The van der Waals surface area contributed by atoms with Crippen LogP contribution in [0.1, 0.15) is 57.8 Å². The SMILES string of the molecule is CCOC(=O)C(C)CC[C@@H](C)[C@H](OC(=O)c1ccccc1P(c1ccccc1)c1ccccc1)C(C)C. The molecular formula is C32H39O4P. The van der Waals surface area contributed by atoms with Gasteiger partial charge in [-0.05, 0) is 61.5 Å². The molecule has 0 saturated heterocycles. The molecule has 0 aliphatic heterocycles. The van der Waals surface area contributed by atoms with Crippen LogP contribution in [0.2, 0.25) is 0 Å². The van der Waals surface area contributed by atoms with Crippen molar-refractivity contribution in [3.63, 3.8) is 0 Å². The summed E-state index contributed by atoms with van der Waals surface area (Å²) in [6, 6.07) is 28.5. The summed E-state index contributed by atoms with van der Waals surface area (Å²) in [5, 5.41) is 3.36. The Balaban J connectivity index is 1.86. The van der Waals surface area contributed by atoms with Crippen molar-refractivity contribution in [1.29, 1.82) is 0 Å². The average Bonchev–Trinajstić information content (AvgIpc) is 2.91. The molecule has 4 nitrogen and oxygen atoms in total. The van der Waals surface area contributed by atoms with Gasteiger partial charge in [0, 0.05) is 0 Å². The predicted molar refractivity (Wildman–Crippen MR) is 153 cm³/mol. The van der Waals surface area contributed by atoms with E-state index in [9.17, 15) is 9.59 Å². The van der Waals surface area contributed by atoms with Crippen LogP contribution < -0.4 is 15.9 Å². The predicted octanol–water partition coefficient (Wildman–Crippen LogP) is 6.24. The highest BCUT2D eigenvalue weighted by atomic mass is 31.1. The van der Waals surface area contributed by atoms with Crippen molar-refractivity contribution in [2.75, 3.05) is 6.61 Å². The van der Waals surface area contributed by atoms with Gasteiger partial charge in [0.05, 0.1) is 18.1 Å². The van der Waals surface area contributed by atoms with Crippen LogP contribution in [0.3, 0.4) is 0 Å². The Morgan fingerprint density at radius 3 is 1.84 bits per heavy atom. The molecule has 0 heterocycles. The second kappa shape index (κ2) is 14.1. The van der Waals surface area contributed by atoms with Gasteiger partial charge in [-0.15, -0.1) is 0 Å². The van der Waals surface area contributed by atoms with E-state index in [0.717, 1.165) is 11.7 Å². The molecule has 3 aromatic carbocycles. The van der Waals surface area contributed by atoms with Gasteiger partial charge >= 0.3 is 11.9 Å². The van der Waals surface area contributed by atoms with E-state index in [1.54, 1.807) is 0 Å². The van der Waals surface area contributed by atoms with Gasteiger partial charge in [0.1, 0.15) is 6.10 Å². The van der Waals surface area contributed by atoms with Crippen LogP contribution in [0.15, 0.2) is 84.9 Å². The van der Waals surface area contributed by atoms with E-state index in [4.69, 9.17) is 9.47 Å². The summed E-state index contributed by atoms with van der Waals surface area (Å²) in [4.78, 5) is 25.7. The van der Waals surface area contributed by atoms with Crippen LogP contribution in [0, 0.1) is 17.8 Å². The average molecular weight is 519 g/mol. The van der Waals surface area contributed by atoms with Crippen LogP contribution in [0.5, 0.6) is 0 Å². The van der Waals surface area contributed by atoms with Gasteiger partial charge in [0.25, 0.3) is 0 Å². The highest BCUT2D eigenvalue weighted by Gasteiger charge is 2.29. The smallest absolute Gasteiger partial charge is 0.339 e. The summed E-state index contributed by atoms with van der Waals surface area (Å²) >= 11 is 0. The van der Waals surface area contributed by atoms with Gasteiger partial charge in [-0.2, -0.15) is 0 Å². The fraction of sp³-hybridized carbons (Fsp3) is 0.375. The summed E-state index contributed by atoms with van der Waals surface area (Å²) in [5.41, 5.74) is 0.610. The Bertz CT molecular complexity index is 1090. The summed E-state index contributed by atoms with van der Waals surface area (Å²) in [6.45, 7) is 10.4. The van der Waals surface area contributed by atoms with Crippen LogP contribution in [0.25, 0.3) is 0 Å². The number of hydrogen-bond acceptors (Lipinski definition) is 4. The molecule has 0 spiro atoms. The van der Waals surface area contributed by atoms with Crippen molar-refractivity contribution in [3.05, 3.63) is 90.5 Å². The van der Waals surface area contributed by atoms with Crippen molar-refractivity contribution >= 4 is 35.8 Å². The lowest BCUT2D eigenvalue weighted by Crippen LogP contribution is -2.33. The zero-order valence-corrected chi connectivity index (χ0v) is 23.5. The van der Waals surface area contributed by atoms with E-state index in [-0.39, 0.29) is 35.8 Å². The Morgan fingerprint density at radius 2 is 1.30 bits per heavy atom. The monoisotopic (exact) mass is 518 g/mol. The third-order valence-corrected chi connectivity index (χ3v) is 9.10. The van der Waals surface area contributed by atoms with Gasteiger partial charge in [-0.25, -0.2) is 4.79 Å². The summed E-state index contributed by atoms with van der Waals surface area (Å²) < 4.78 is 11.4. The zero-order valence-electron chi connectivity index (χ0n) is 22.6. The highest BCUT2D eigenvalue weighted by molar-refractivity contribution is 7.80. The Labute approximate surface area is 223 Å². The van der Waals surface area contributed by atoms with Gasteiger partial charge < -0.3 is 9.47 Å². The molecule has 0 radical (unpaired) electrons. The second-order valence-corrected chi connectivity index (χ2v) is 12.0. The maximum absolute atomic E-state index is 13.7. The molecule has 0 aromatic heterocycles. The minimum absolute atomic E-state index is 0.109. The fourth-order valence-corrected chi connectivity index (χ4v) is 7.04. The van der Waals surface area contributed by atoms with Gasteiger partial charge in [-0.1, -0.05) is 107 Å². The number of esters is 2. The maximum Gasteiger partial charge on any atom is 0.339 e. The number of hydrogen-bond donors (Lipinski definition) is 0. The van der Waals surface area contributed by atoms with Gasteiger partial charge in [0.2, 0.25) is 0 Å². The number of ether oxygens (including phenoxy) is 2. The highest BCUT2D eigenvalue weighted by Crippen LogP contribution is 2.34. The molecule has 3 rings (SSSR count). The molecule has 0 aliphatic rings. The van der Waals surface area contributed by atoms with Crippen LogP contribution >= 0.6 is 7.92 Å². The fourth-order valence-electron chi connectivity index (χ4n) is 4.60. The molecule has 37 heavy (non-hydrogen) atoms. The molecule has 0 fully saturated rings. The Kier molecular flexibility index (Phi) is 10.9. The van der Waals surface area contributed by atoms with E-state index in [0.29, 0.717) is 18.6 Å². The first-order valence-corrected chi connectivity index (χ1v) is 14.5. The van der Waals surface area contributed by atoms with Crippen LogP contribution in [-0.4, -0.2) is 24.6 Å². The molecule has 1 unspecified atom stereocenters. The third kappa shape index (κ3) is 7.76. The largest absolute Gasteiger partial charge is 0.466 e. The van der Waals surface area contributed by atoms with Crippen LogP contribution in [-0.2, 0) is 14.3 Å². The van der Waals surface area contributed by atoms with Crippen molar-refractivity contribution < 1.29 is 19.1 Å². The number of rotatable bonds is 12. The molecule has 0 bridgehead atoms. The topological polar surface area (TPSA) is 52.6 Å². The first-order chi connectivity index (χ1) is 17.8. The van der Waals surface area contributed by atoms with Crippen molar-refractivity contribution in [2.45, 2.75) is 53.6 Å². The summed E-state index contributed by atoms with van der Waals surface area (Å²) in [7, 11) is -0.934. The minimum Gasteiger partial charge on any atom is -0.466 e. The third-order valence-electron chi connectivity index (χ3n) is 6.60. The Hall–Kier alpha value is -2.97. The van der Waals surface area contributed by atoms with Crippen molar-refractivity contribution in [2.24, 2.45) is 17.8 Å². The minimum atomic E-state index is -0.934. The lowest BCUT2D eigenvalue weighted by Gasteiger charge is -2.29. The van der Waals surface area contributed by atoms with Crippen molar-refractivity contribution in [1.82, 2.24) is 0 Å². The van der Waals surface area contributed by atoms with Gasteiger partial charge in [-0.3, -0.25) is 4.79 Å². The van der Waals surface area contributed by atoms with Crippen LogP contribution in [0.4, 0.5) is 0 Å². The second-order valence-electron chi connectivity index (χ2n) is 9.85. The lowest BCUT2D eigenvalue weighted by atomic mass is 9.88. The van der Waals surface area contributed by atoms with E-state index >= 15 is 0 Å². The number of carbonyl (C=O) groups excluding carboxylic acids is 2. The molecule has 0 aliphatic carbocycles. The van der Waals surface area contributed by atoms with Gasteiger partial charge in [0.15, 0.2) is 0 Å². The van der Waals surface area contributed by atoms with Crippen molar-refractivity contribution in [3.8, 4) is 0 Å². The molecule has 5 heteroatoms. The molecule has 3 atom stereocenters. The lowest BCUT2D eigenvalue weighted by molar-refractivity contribution is -0.147. The maximum atomic E-state index is 13.7. The van der Waals surface area contributed by atoms with E-state index in [1.165, 1.54) is 10.6 Å².